The lowest BCUT2D eigenvalue weighted by atomic mass is 10.0. The maximum atomic E-state index is 12.4. The molecule has 0 saturated heterocycles. The molecule has 0 aromatic heterocycles. The van der Waals surface area contributed by atoms with Crippen molar-refractivity contribution in [2.24, 2.45) is 0 Å². The van der Waals surface area contributed by atoms with Crippen LogP contribution in [0.1, 0.15) is 30.6 Å². The van der Waals surface area contributed by atoms with Crippen molar-refractivity contribution in [1.82, 2.24) is 5.32 Å². The van der Waals surface area contributed by atoms with Gasteiger partial charge in [0.25, 0.3) is 0 Å². The summed E-state index contributed by atoms with van der Waals surface area (Å²) in [5.74, 6) is -0.840. The van der Waals surface area contributed by atoms with Gasteiger partial charge in [0.2, 0.25) is 0 Å². The molecule has 0 radical (unpaired) electrons. The fourth-order valence-corrected chi connectivity index (χ4v) is 2.00. The molecule has 0 fully saturated rings. The smallest absolute Gasteiger partial charge is 0.311 e. The minimum atomic E-state index is -0.813. The first-order chi connectivity index (χ1) is 10.9. The Morgan fingerprint density at radius 3 is 2.52 bits per heavy atom. The molecule has 1 rings (SSSR count). The van der Waals surface area contributed by atoms with E-state index in [2.05, 4.69) is 5.32 Å². The summed E-state index contributed by atoms with van der Waals surface area (Å²) in [5.41, 5.74) is -0.160. The predicted molar refractivity (Wildman–Crippen MR) is 82.7 cm³/mol. The second-order valence-corrected chi connectivity index (χ2v) is 4.59. The number of carbonyl (C=O) groups is 2. The second-order valence-electron chi connectivity index (χ2n) is 4.59. The number of carbonyl (C=O) groups excluding carboxylic acids is 2. The zero-order chi connectivity index (χ0) is 17.4. The minimum absolute atomic E-state index is 0.0976. The highest BCUT2D eigenvalue weighted by molar-refractivity contribution is 6.02. The van der Waals surface area contributed by atoms with Crippen molar-refractivity contribution < 1.29 is 24.0 Å². The van der Waals surface area contributed by atoms with E-state index in [1.54, 1.807) is 13.8 Å². The van der Waals surface area contributed by atoms with Crippen LogP contribution in [-0.4, -0.2) is 43.0 Å². The number of hydrogen-bond acceptors (Lipinski definition) is 7. The van der Waals surface area contributed by atoms with Crippen LogP contribution < -0.4 is 10.1 Å². The van der Waals surface area contributed by atoms with Crippen molar-refractivity contribution in [3.05, 3.63) is 33.9 Å². The van der Waals surface area contributed by atoms with Crippen molar-refractivity contribution in [2.75, 3.05) is 20.3 Å². The average molecular weight is 324 g/mol. The Morgan fingerprint density at radius 1 is 1.30 bits per heavy atom. The monoisotopic (exact) mass is 324 g/mol. The Labute approximate surface area is 133 Å². The molecule has 1 atom stereocenters. The van der Waals surface area contributed by atoms with E-state index in [1.165, 1.54) is 19.2 Å². The molecule has 0 aliphatic rings. The number of benzene rings is 1. The highest BCUT2D eigenvalue weighted by Crippen LogP contribution is 2.28. The number of hydrogen-bond donors (Lipinski definition) is 1. The highest BCUT2D eigenvalue weighted by Gasteiger charge is 2.25. The summed E-state index contributed by atoms with van der Waals surface area (Å²) in [5, 5.41) is 13.8. The minimum Gasteiger partial charge on any atom is -0.487 e. The summed E-state index contributed by atoms with van der Waals surface area (Å²) in [6, 6.07) is 3.16. The normalized spacial score (nSPS) is 11.6. The fraction of sp³-hybridized carbons (Fsp3) is 0.467. The number of ether oxygens (including phenoxy) is 2. The first-order valence-electron chi connectivity index (χ1n) is 7.22. The number of Topliss-reactive ketones (excluding diaryl/α,β-unsaturated/α-hetero) is 1. The number of nitrogens with one attached hydrogen (secondary N) is 1. The predicted octanol–water partition coefficient (Wildman–Crippen LogP) is 1.72. The number of ketones is 1. The Balaban J connectivity index is 3.03. The van der Waals surface area contributed by atoms with E-state index in [9.17, 15) is 19.7 Å². The topological polar surface area (TPSA) is 108 Å². The molecular weight excluding hydrogens is 304 g/mol. The van der Waals surface area contributed by atoms with Gasteiger partial charge in [-0.3, -0.25) is 19.7 Å². The summed E-state index contributed by atoms with van der Waals surface area (Å²) in [6.07, 6.45) is -0.149. The molecule has 8 nitrogen and oxygen atoms in total. The van der Waals surface area contributed by atoms with Gasteiger partial charge in [-0.05, 0) is 33.0 Å². The number of nitrogens with zero attached hydrogens (tertiary/aromatic N) is 1. The van der Waals surface area contributed by atoms with Crippen molar-refractivity contribution in [1.29, 1.82) is 0 Å². The first-order valence-corrected chi connectivity index (χ1v) is 7.22. The molecule has 1 aromatic rings. The van der Waals surface area contributed by atoms with E-state index < -0.39 is 22.7 Å². The lowest BCUT2D eigenvalue weighted by molar-refractivity contribution is -0.385. The molecule has 0 saturated carbocycles. The fourth-order valence-electron chi connectivity index (χ4n) is 2.00. The van der Waals surface area contributed by atoms with Crippen molar-refractivity contribution in [3.63, 3.8) is 0 Å². The van der Waals surface area contributed by atoms with Crippen LogP contribution in [0.25, 0.3) is 0 Å². The molecule has 0 bridgehead atoms. The third-order valence-electron chi connectivity index (χ3n) is 3.08. The lowest BCUT2D eigenvalue weighted by Crippen LogP contribution is -2.36. The third-order valence-corrected chi connectivity index (χ3v) is 3.08. The molecule has 0 aliphatic carbocycles. The van der Waals surface area contributed by atoms with Crippen LogP contribution in [0.4, 0.5) is 5.69 Å². The number of nitro benzene ring substituents is 1. The summed E-state index contributed by atoms with van der Waals surface area (Å²) < 4.78 is 9.99. The summed E-state index contributed by atoms with van der Waals surface area (Å²) >= 11 is 0. The van der Waals surface area contributed by atoms with Gasteiger partial charge in [-0.1, -0.05) is 0 Å². The third kappa shape index (κ3) is 5.03. The highest BCUT2D eigenvalue weighted by atomic mass is 16.6. The van der Waals surface area contributed by atoms with Crippen LogP contribution in [0.2, 0.25) is 0 Å². The number of nitro groups is 1. The molecule has 0 aliphatic heterocycles. The number of rotatable bonds is 9. The van der Waals surface area contributed by atoms with E-state index in [-0.39, 0.29) is 36.6 Å². The van der Waals surface area contributed by atoms with Gasteiger partial charge in [0.1, 0.15) is 0 Å². The maximum absolute atomic E-state index is 12.4. The Kier molecular flexibility index (Phi) is 7.14. The average Bonchev–Trinajstić information content (AvgIpc) is 2.52. The summed E-state index contributed by atoms with van der Waals surface area (Å²) in [6.45, 7) is 3.87. The molecule has 23 heavy (non-hydrogen) atoms. The molecule has 0 heterocycles. The van der Waals surface area contributed by atoms with E-state index in [0.717, 1.165) is 6.07 Å². The van der Waals surface area contributed by atoms with Crippen LogP contribution >= 0.6 is 0 Å². The van der Waals surface area contributed by atoms with Crippen molar-refractivity contribution >= 4 is 17.4 Å². The molecule has 126 valence electrons. The second kappa shape index (κ2) is 8.84. The molecule has 1 N–H and O–H groups in total. The maximum Gasteiger partial charge on any atom is 0.311 e. The molecule has 1 aromatic carbocycles. The zero-order valence-electron chi connectivity index (χ0n) is 13.3. The van der Waals surface area contributed by atoms with Gasteiger partial charge in [-0.2, -0.15) is 0 Å². The largest absolute Gasteiger partial charge is 0.487 e. The van der Waals surface area contributed by atoms with Crippen LogP contribution in [0.3, 0.4) is 0 Å². The van der Waals surface area contributed by atoms with E-state index in [0.29, 0.717) is 0 Å². The number of likely N-dealkylation sites (N-methyl/N-ethyl adjacent to an activating group) is 1. The standard InChI is InChI=1S/C15H20N2O6/c1-4-22-13-7-6-10(8-12(13)17(20)21)15(19)11(16-3)9-14(18)23-5-2/h6-8,11,16H,4-5,9H2,1-3H3. The first kappa shape index (κ1) is 18.6. The van der Waals surface area contributed by atoms with Crippen LogP contribution in [0.5, 0.6) is 5.75 Å². The Bertz CT molecular complexity index is 587. The molecule has 1 unspecified atom stereocenters. The van der Waals surface area contributed by atoms with Crippen LogP contribution in [0, 0.1) is 10.1 Å². The summed E-state index contributed by atoms with van der Waals surface area (Å²) in [7, 11) is 1.53. The molecular formula is C15H20N2O6. The van der Waals surface area contributed by atoms with Gasteiger partial charge in [0.05, 0.1) is 30.6 Å². The van der Waals surface area contributed by atoms with Gasteiger partial charge >= 0.3 is 11.7 Å². The molecule has 0 spiro atoms. The lowest BCUT2D eigenvalue weighted by Gasteiger charge is -2.14. The van der Waals surface area contributed by atoms with E-state index in [4.69, 9.17) is 9.47 Å². The van der Waals surface area contributed by atoms with Gasteiger partial charge in [-0.25, -0.2) is 0 Å². The molecule has 0 amide bonds. The van der Waals surface area contributed by atoms with Crippen molar-refractivity contribution in [2.45, 2.75) is 26.3 Å². The van der Waals surface area contributed by atoms with E-state index >= 15 is 0 Å². The van der Waals surface area contributed by atoms with Gasteiger partial charge in [-0.15, -0.1) is 0 Å². The quantitative estimate of drug-likeness (QED) is 0.319. The van der Waals surface area contributed by atoms with Gasteiger partial charge in [0.15, 0.2) is 11.5 Å². The SMILES string of the molecule is CCOC(=O)CC(NC)C(=O)c1ccc(OCC)c([N+](=O)[O-])c1. The van der Waals surface area contributed by atoms with Gasteiger partial charge < -0.3 is 14.8 Å². The van der Waals surface area contributed by atoms with Gasteiger partial charge in [0, 0.05) is 11.6 Å². The van der Waals surface area contributed by atoms with E-state index in [1.807, 2.05) is 0 Å². The van der Waals surface area contributed by atoms with Crippen LogP contribution in [0.15, 0.2) is 18.2 Å². The summed E-state index contributed by atoms with van der Waals surface area (Å²) in [4.78, 5) is 34.4. The van der Waals surface area contributed by atoms with Crippen LogP contribution in [-0.2, 0) is 9.53 Å². The zero-order valence-corrected chi connectivity index (χ0v) is 13.3. The number of esters is 1. The Hall–Kier alpha value is -2.48. The Morgan fingerprint density at radius 2 is 2.00 bits per heavy atom. The van der Waals surface area contributed by atoms with Crippen molar-refractivity contribution in [3.8, 4) is 5.75 Å². The molecule has 8 heteroatoms.